The average molecular weight is 456 g/mol. The number of carbonyl (C=O) groups excluding carboxylic acids is 4. The monoisotopic (exact) mass is 455 g/mol. The van der Waals surface area contributed by atoms with Crippen molar-refractivity contribution in [1.29, 1.82) is 0 Å². The van der Waals surface area contributed by atoms with Crippen LogP contribution in [0.2, 0.25) is 0 Å². The summed E-state index contributed by atoms with van der Waals surface area (Å²) in [6.45, 7) is 3.48. The van der Waals surface area contributed by atoms with Crippen LogP contribution < -0.4 is 4.90 Å². The summed E-state index contributed by atoms with van der Waals surface area (Å²) in [7, 11) is 0. The van der Waals surface area contributed by atoms with Crippen molar-refractivity contribution in [3.63, 3.8) is 0 Å². The van der Waals surface area contributed by atoms with Crippen molar-refractivity contribution in [1.82, 2.24) is 0 Å². The molecule has 2 aromatic rings. The van der Waals surface area contributed by atoms with E-state index in [1.165, 1.54) is 17.0 Å². The third-order valence-electron chi connectivity index (χ3n) is 8.01. The normalized spacial score (nSPS) is 31.2. The SMILES string of the molecule is Cc1ccc(C(=O)[C@@H](C)OC(=O)c2ccc(N3C(=O)[C@H]4[C@@H]5C=C[C@H]([C@H]6C[C@H]56)[C@@H]4C3=O)cc2)cc1. The number of anilines is 1. The number of rotatable bonds is 5. The number of Topliss-reactive ketones (excluding diaryl/α,β-unsaturated/α-hetero) is 1. The molecule has 1 aliphatic heterocycles. The number of ether oxygens (including phenoxy) is 1. The minimum atomic E-state index is -0.936. The highest BCUT2D eigenvalue weighted by Crippen LogP contribution is 2.65. The van der Waals surface area contributed by atoms with E-state index in [2.05, 4.69) is 12.2 Å². The molecule has 34 heavy (non-hydrogen) atoms. The lowest BCUT2D eigenvalue weighted by Crippen LogP contribution is -2.40. The largest absolute Gasteiger partial charge is 0.451 e. The molecule has 1 heterocycles. The Morgan fingerprint density at radius 2 is 1.38 bits per heavy atom. The molecule has 6 heteroatoms. The van der Waals surface area contributed by atoms with E-state index in [0.29, 0.717) is 23.1 Å². The Bertz CT molecular complexity index is 1210. The maximum atomic E-state index is 13.2. The molecule has 0 spiro atoms. The van der Waals surface area contributed by atoms with Crippen LogP contribution in [0, 0.1) is 42.4 Å². The van der Waals surface area contributed by atoms with Gasteiger partial charge >= 0.3 is 5.97 Å². The van der Waals surface area contributed by atoms with E-state index >= 15 is 0 Å². The summed E-state index contributed by atoms with van der Waals surface area (Å²) in [6.07, 6.45) is 4.48. The van der Waals surface area contributed by atoms with Gasteiger partial charge in [-0.2, -0.15) is 0 Å². The van der Waals surface area contributed by atoms with Crippen LogP contribution in [0.4, 0.5) is 5.69 Å². The Balaban J connectivity index is 1.16. The van der Waals surface area contributed by atoms with Crippen molar-refractivity contribution in [3.05, 3.63) is 77.4 Å². The standard InChI is InChI=1S/C28H25NO5/c1-14-3-5-16(6-4-14)25(30)15(2)34-28(33)17-7-9-18(10-8-17)29-26(31)23-19-11-12-20(22-13-21(19)22)24(23)27(29)32/h3-12,15,19-24H,13H2,1-2H3/t15-,19-,20-,21-,22-,23+,24+/m1/s1. The van der Waals surface area contributed by atoms with Crippen LogP contribution in [-0.4, -0.2) is 29.7 Å². The van der Waals surface area contributed by atoms with Gasteiger partial charge in [0.25, 0.3) is 0 Å². The number of nitrogens with zero attached hydrogens (tertiary/aromatic N) is 1. The molecule has 2 aromatic carbocycles. The summed E-state index contributed by atoms with van der Waals surface area (Å²) in [4.78, 5) is 53.0. The maximum Gasteiger partial charge on any atom is 0.338 e. The Morgan fingerprint density at radius 3 is 1.94 bits per heavy atom. The van der Waals surface area contributed by atoms with Crippen LogP contribution in [0.15, 0.2) is 60.7 Å². The maximum absolute atomic E-state index is 13.2. The van der Waals surface area contributed by atoms with E-state index in [1.807, 2.05) is 19.1 Å². The van der Waals surface area contributed by atoms with Crippen molar-refractivity contribution in [2.75, 3.05) is 4.90 Å². The number of esters is 1. The third kappa shape index (κ3) is 3.08. The number of imide groups is 1. The van der Waals surface area contributed by atoms with Gasteiger partial charge in [-0.15, -0.1) is 0 Å². The smallest absolute Gasteiger partial charge is 0.338 e. The fourth-order valence-corrected chi connectivity index (χ4v) is 6.19. The van der Waals surface area contributed by atoms with Crippen LogP contribution in [-0.2, 0) is 14.3 Å². The summed E-state index contributed by atoms with van der Waals surface area (Å²) < 4.78 is 5.38. The first-order chi connectivity index (χ1) is 16.3. The van der Waals surface area contributed by atoms with E-state index in [0.717, 1.165) is 12.0 Å². The summed E-state index contributed by atoms with van der Waals surface area (Å²) in [5, 5.41) is 0. The average Bonchev–Trinajstić information content (AvgIpc) is 3.62. The van der Waals surface area contributed by atoms with Gasteiger partial charge in [-0.3, -0.25) is 19.3 Å². The van der Waals surface area contributed by atoms with E-state index in [9.17, 15) is 19.2 Å². The number of ketones is 1. The molecule has 7 atom stereocenters. The van der Waals surface area contributed by atoms with Gasteiger partial charge in [-0.05, 0) is 68.2 Å². The van der Waals surface area contributed by atoms with Gasteiger partial charge < -0.3 is 4.74 Å². The summed E-state index contributed by atoms with van der Waals surface area (Å²) >= 11 is 0. The van der Waals surface area contributed by atoms with E-state index in [-0.39, 0.29) is 46.8 Å². The molecule has 3 fully saturated rings. The van der Waals surface area contributed by atoms with Crippen LogP contribution in [0.1, 0.15) is 39.6 Å². The Labute approximate surface area is 197 Å². The molecular weight excluding hydrogens is 430 g/mol. The summed E-state index contributed by atoms with van der Waals surface area (Å²) in [5.41, 5.74) is 2.25. The van der Waals surface area contributed by atoms with Crippen molar-refractivity contribution in [2.45, 2.75) is 26.4 Å². The number of hydrogen-bond acceptors (Lipinski definition) is 5. The second-order valence-corrected chi connectivity index (χ2v) is 9.99. The van der Waals surface area contributed by atoms with Gasteiger partial charge in [0.1, 0.15) is 0 Å². The number of aryl methyl sites for hydroxylation is 1. The minimum Gasteiger partial charge on any atom is -0.451 e. The van der Waals surface area contributed by atoms with E-state index in [1.54, 1.807) is 31.2 Å². The fraction of sp³-hybridized carbons (Fsp3) is 0.357. The zero-order valence-electron chi connectivity index (χ0n) is 19.0. The first-order valence-corrected chi connectivity index (χ1v) is 11.8. The van der Waals surface area contributed by atoms with Crippen molar-refractivity contribution < 1.29 is 23.9 Å². The molecule has 2 saturated carbocycles. The summed E-state index contributed by atoms with van der Waals surface area (Å²) in [5.74, 6) is -0.249. The van der Waals surface area contributed by atoms with Crippen LogP contribution in [0.5, 0.6) is 0 Å². The molecule has 2 bridgehead atoms. The minimum absolute atomic E-state index is 0.132. The van der Waals surface area contributed by atoms with Crippen molar-refractivity contribution in [2.24, 2.45) is 35.5 Å². The molecule has 2 amide bonds. The Kier molecular flexibility index (Phi) is 4.63. The van der Waals surface area contributed by atoms with E-state index in [4.69, 9.17) is 4.74 Å². The molecule has 172 valence electrons. The molecule has 0 unspecified atom stereocenters. The predicted molar refractivity (Wildman–Crippen MR) is 124 cm³/mol. The van der Waals surface area contributed by atoms with Gasteiger partial charge in [-0.25, -0.2) is 4.79 Å². The molecule has 0 radical (unpaired) electrons. The predicted octanol–water partition coefficient (Wildman–Crippen LogP) is 3.98. The topological polar surface area (TPSA) is 80.8 Å². The highest BCUT2D eigenvalue weighted by Gasteiger charge is 2.67. The lowest BCUT2D eigenvalue weighted by Gasteiger charge is -2.37. The second-order valence-electron chi connectivity index (χ2n) is 9.99. The number of allylic oxidation sites excluding steroid dienone is 2. The molecule has 6 nitrogen and oxygen atoms in total. The summed E-state index contributed by atoms with van der Waals surface area (Å²) in [6, 6.07) is 13.4. The van der Waals surface area contributed by atoms with Gasteiger partial charge in [0.05, 0.1) is 23.1 Å². The quantitative estimate of drug-likeness (QED) is 0.295. The van der Waals surface area contributed by atoms with Crippen LogP contribution >= 0.6 is 0 Å². The van der Waals surface area contributed by atoms with Gasteiger partial charge in [0.2, 0.25) is 17.6 Å². The number of benzene rings is 2. The lowest BCUT2D eigenvalue weighted by atomic mass is 9.63. The Hall–Kier alpha value is -3.54. The molecule has 4 aliphatic carbocycles. The zero-order valence-corrected chi connectivity index (χ0v) is 19.0. The zero-order chi connectivity index (χ0) is 23.7. The number of hydrogen-bond donors (Lipinski definition) is 0. The van der Waals surface area contributed by atoms with Crippen LogP contribution in [0.25, 0.3) is 0 Å². The van der Waals surface area contributed by atoms with Gasteiger partial charge in [0.15, 0.2) is 6.10 Å². The molecule has 1 saturated heterocycles. The molecule has 0 N–H and O–H groups in total. The molecule has 5 aliphatic rings. The number of amides is 2. The molecule has 0 aromatic heterocycles. The second kappa shape index (κ2) is 7.49. The van der Waals surface area contributed by atoms with Gasteiger partial charge in [-0.1, -0.05) is 42.0 Å². The van der Waals surface area contributed by atoms with Gasteiger partial charge in [0, 0.05) is 5.56 Å². The molecule has 7 rings (SSSR count). The van der Waals surface area contributed by atoms with Crippen LogP contribution in [0.3, 0.4) is 0 Å². The van der Waals surface area contributed by atoms with E-state index < -0.39 is 12.1 Å². The Morgan fingerprint density at radius 1 is 0.853 bits per heavy atom. The first-order valence-electron chi connectivity index (χ1n) is 11.8. The first kappa shape index (κ1) is 21.0. The number of carbonyl (C=O) groups is 4. The lowest BCUT2D eigenvalue weighted by molar-refractivity contribution is -0.124. The van der Waals surface area contributed by atoms with Crippen molar-refractivity contribution in [3.8, 4) is 0 Å². The third-order valence-corrected chi connectivity index (χ3v) is 8.01. The highest BCUT2D eigenvalue weighted by molar-refractivity contribution is 6.22. The van der Waals surface area contributed by atoms with Crippen molar-refractivity contribution >= 4 is 29.3 Å². The molecular formula is C28H25NO5. The fourth-order valence-electron chi connectivity index (χ4n) is 6.19. The highest BCUT2D eigenvalue weighted by atomic mass is 16.5.